The van der Waals surface area contributed by atoms with E-state index < -0.39 is 29.8 Å². The molecule has 40 heavy (non-hydrogen) atoms. The number of alkyl carbamates (subject to hydrolysis) is 1. The first-order valence-corrected chi connectivity index (χ1v) is 13.3. The molecule has 0 fully saturated rings. The van der Waals surface area contributed by atoms with E-state index in [9.17, 15) is 19.5 Å². The van der Waals surface area contributed by atoms with Gasteiger partial charge in [-0.3, -0.25) is 4.57 Å². The zero-order valence-corrected chi connectivity index (χ0v) is 23.1. The summed E-state index contributed by atoms with van der Waals surface area (Å²) >= 11 is 6.21. The van der Waals surface area contributed by atoms with E-state index in [1.54, 1.807) is 39.0 Å². The highest BCUT2D eigenvalue weighted by Crippen LogP contribution is 2.44. The Labute approximate surface area is 236 Å². The van der Waals surface area contributed by atoms with Crippen molar-refractivity contribution in [3.05, 3.63) is 94.6 Å². The minimum Gasteiger partial charge on any atom is -0.480 e. The SMILES string of the molecule is CC(C)(C)OC(=O)n1cc(C[C@H](NC(=O)OCC2c3ccccc3-c3ccccc32)C(=O)O)c2cc(Cl)ccc21. The Bertz CT molecular complexity index is 1570. The van der Waals surface area contributed by atoms with Crippen molar-refractivity contribution in [3.63, 3.8) is 0 Å². The van der Waals surface area contributed by atoms with Crippen molar-refractivity contribution in [1.29, 1.82) is 0 Å². The average molecular weight is 561 g/mol. The number of hydrogen-bond donors (Lipinski definition) is 2. The van der Waals surface area contributed by atoms with Gasteiger partial charge in [-0.2, -0.15) is 0 Å². The van der Waals surface area contributed by atoms with Crippen LogP contribution >= 0.6 is 11.6 Å². The number of aliphatic carboxylic acids is 1. The molecule has 1 aromatic heterocycles. The fourth-order valence-corrected chi connectivity index (χ4v) is 5.27. The number of rotatable bonds is 6. The summed E-state index contributed by atoms with van der Waals surface area (Å²) in [6.45, 7) is 5.33. The van der Waals surface area contributed by atoms with Crippen molar-refractivity contribution in [1.82, 2.24) is 9.88 Å². The Kier molecular flexibility index (Phi) is 7.29. The number of ether oxygens (including phenoxy) is 2. The number of halogens is 1. The Balaban J connectivity index is 1.33. The molecule has 4 aromatic rings. The van der Waals surface area contributed by atoms with Gasteiger partial charge in [0.05, 0.1) is 5.52 Å². The molecular formula is C31H29ClN2O6. The molecule has 0 aliphatic heterocycles. The topological polar surface area (TPSA) is 107 Å². The molecule has 0 spiro atoms. The van der Waals surface area contributed by atoms with Crippen molar-refractivity contribution < 1.29 is 29.0 Å². The van der Waals surface area contributed by atoms with Crippen molar-refractivity contribution in [2.45, 2.75) is 44.8 Å². The number of aromatic nitrogens is 1. The summed E-state index contributed by atoms with van der Waals surface area (Å²) < 4.78 is 12.4. The second-order valence-electron chi connectivity index (χ2n) is 10.7. The van der Waals surface area contributed by atoms with Crippen molar-refractivity contribution >= 4 is 40.7 Å². The van der Waals surface area contributed by atoms with Crippen molar-refractivity contribution in [2.24, 2.45) is 0 Å². The van der Waals surface area contributed by atoms with Crippen LogP contribution in [-0.4, -0.2) is 46.1 Å². The Morgan fingerprint density at radius 2 is 1.62 bits per heavy atom. The molecule has 3 aromatic carbocycles. The first kappa shape index (κ1) is 27.3. The van der Waals surface area contributed by atoms with Crippen molar-refractivity contribution in [2.75, 3.05) is 6.61 Å². The molecular weight excluding hydrogens is 532 g/mol. The first-order valence-electron chi connectivity index (χ1n) is 12.9. The summed E-state index contributed by atoms with van der Waals surface area (Å²) in [5.41, 5.74) is 4.59. The number of nitrogens with one attached hydrogen (secondary N) is 1. The molecule has 1 amide bonds. The van der Waals surface area contributed by atoms with E-state index in [-0.39, 0.29) is 18.9 Å². The lowest BCUT2D eigenvalue weighted by molar-refractivity contribution is -0.139. The minimum absolute atomic E-state index is 0.0553. The quantitative estimate of drug-likeness (QED) is 0.275. The van der Waals surface area contributed by atoms with Gasteiger partial charge < -0.3 is 19.9 Å². The van der Waals surface area contributed by atoms with Crippen molar-refractivity contribution in [3.8, 4) is 11.1 Å². The third-order valence-electron chi connectivity index (χ3n) is 6.80. The summed E-state index contributed by atoms with van der Waals surface area (Å²) in [6, 6.07) is 19.6. The second-order valence-corrected chi connectivity index (χ2v) is 11.2. The monoisotopic (exact) mass is 560 g/mol. The van der Waals surface area contributed by atoms with E-state index in [1.807, 2.05) is 48.5 Å². The molecule has 0 saturated carbocycles. The number of carboxylic acids is 1. The molecule has 0 bridgehead atoms. The average Bonchev–Trinajstić information content (AvgIpc) is 3.41. The van der Waals surface area contributed by atoms with Crippen LogP contribution in [-0.2, 0) is 20.7 Å². The smallest absolute Gasteiger partial charge is 0.419 e. The van der Waals surface area contributed by atoms with Gasteiger partial charge in [0.15, 0.2) is 0 Å². The number of carbonyl (C=O) groups is 3. The fourth-order valence-electron chi connectivity index (χ4n) is 5.10. The van der Waals surface area contributed by atoms with E-state index in [4.69, 9.17) is 21.1 Å². The zero-order valence-electron chi connectivity index (χ0n) is 22.3. The van der Waals surface area contributed by atoms with E-state index in [2.05, 4.69) is 5.32 Å². The molecule has 0 radical (unpaired) electrons. The lowest BCUT2D eigenvalue weighted by Crippen LogP contribution is -2.42. The van der Waals surface area contributed by atoms with E-state index in [1.165, 1.54) is 10.8 Å². The second kappa shape index (κ2) is 10.7. The predicted molar refractivity (Wildman–Crippen MR) is 152 cm³/mol. The summed E-state index contributed by atoms with van der Waals surface area (Å²) in [5.74, 6) is -1.40. The third-order valence-corrected chi connectivity index (χ3v) is 7.03. The van der Waals surface area contributed by atoms with E-state index in [0.717, 1.165) is 22.3 Å². The van der Waals surface area contributed by atoms with Crippen LogP contribution < -0.4 is 5.32 Å². The maximum Gasteiger partial charge on any atom is 0.419 e. The van der Waals surface area contributed by atoms with Crippen LogP contribution in [0.15, 0.2) is 72.9 Å². The zero-order chi connectivity index (χ0) is 28.6. The molecule has 8 nitrogen and oxygen atoms in total. The van der Waals surface area contributed by atoms with Crippen LogP contribution in [0.2, 0.25) is 5.02 Å². The number of fused-ring (bicyclic) bond motifs is 4. The van der Waals surface area contributed by atoms with Gasteiger partial charge in [0, 0.05) is 28.9 Å². The van der Waals surface area contributed by atoms with Gasteiger partial charge in [-0.1, -0.05) is 60.1 Å². The van der Waals surface area contributed by atoms with Gasteiger partial charge in [-0.05, 0) is 66.8 Å². The lowest BCUT2D eigenvalue weighted by Gasteiger charge is -2.19. The van der Waals surface area contributed by atoms with Gasteiger partial charge >= 0.3 is 18.2 Å². The maximum atomic E-state index is 12.9. The Morgan fingerprint density at radius 3 is 2.23 bits per heavy atom. The van der Waals surface area contributed by atoms with E-state index in [0.29, 0.717) is 21.5 Å². The Morgan fingerprint density at radius 1 is 1.00 bits per heavy atom. The number of nitrogens with zero attached hydrogens (tertiary/aromatic N) is 1. The van der Waals surface area contributed by atoms with Gasteiger partial charge in [-0.15, -0.1) is 0 Å². The molecule has 0 saturated heterocycles. The molecule has 1 aliphatic carbocycles. The summed E-state index contributed by atoms with van der Waals surface area (Å²) in [7, 11) is 0. The van der Waals surface area contributed by atoms with Crippen LogP contribution in [0.25, 0.3) is 22.0 Å². The van der Waals surface area contributed by atoms with Gasteiger partial charge in [0.1, 0.15) is 18.2 Å². The van der Waals surface area contributed by atoms with Crippen LogP contribution in [0.5, 0.6) is 0 Å². The molecule has 2 N–H and O–H groups in total. The highest BCUT2D eigenvalue weighted by atomic mass is 35.5. The van der Waals surface area contributed by atoms with Gasteiger partial charge in [0.2, 0.25) is 0 Å². The highest BCUT2D eigenvalue weighted by molar-refractivity contribution is 6.31. The molecule has 206 valence electrons. The van der Waals surface area contributed by atoms with Crippen LogP contribution in [0.3, 0.4) is 0 Å². The minimum atomic E-state index is -1.31. The lowest BCUT2D eigenvalue weighted by atomic mass is 9.98. The number of carboxylic acid groups (broad SMARTS) is 1. The van der Waals surface area contributed by atoms with Gasteiger partial charge in [0.25, 0.3) is 0 Å². The first-order chi connectivity index (χ1) is 19.0. The van der Waals surface area contributed by atoms with Gasteiger partial charge in [-0.25, -0.2) is 14.4 Å². The molecule has 9 heteroatoms. The van der Waals surface area contributed by atoms with Crippen LogP contribution in [0, 0.1) is 0 Å². The number of amides is 1. The number of benzene rings is 3. The maximum absolute atomic E-state index is 12.9. The van der Waals surface area contributed by atoms with Crippen LogP contribution in [0.4, 0.5) is 9.59 Å². The molecule has 1 atom stereocenters. The molecule has 1 aliphatic rings. The van der Waals surface area contributed by atoms with E-state index >= 15 is 0 Å². The summed E-state index contributed by atoms with van der Waals surface area (Å²) in [6.07, 6.45) is -0.0399. The number of carbonyl (C=O) groups excluding carboxylic acids is 2. The fraction of sp³-hybridized carbons (Fsp3) is 0.258. The summed E-state index contributed by atoms with van der Waals surface area (Å²) in [4.78, 5) is 37.8. The highest BCUT2D eigenvalue weighted by Gasteiger charge is 2.30. The third kappa shape index (κ3) is 5.53. The number of hydrogen-bond acceptors (Lipinski definition) is 5. The Hall–Kier alpha value is -4.30. The van der Waals surface area contributed by atoms with Crippen LogP contribution in [0.1, 0.15) is 43.4 Å². The predicted octanol–water partition coefficient (Wildman–Crippen LogP) is 6.61. The standard InChI is InChI=1S/C31H29ClN2O6/c1-31(2,3)40-30(38)34-16-18(24-15-19(32)12-13-27(24)34)14-26(28(35)36)33-29(37)39-17-25-22-10-6-4-8-20(22)21-9-5-7-11-23(21)25/h4-13,15-16,25-26H,14,17H2,1-3H3,(H,33,37)(H,35,36)/t26-/m0/s1. The normalized spacial score (nSPS) is 13.4. The largest absolute Gasteiger partial charge is 0.480 e. The molecule has 5 rings (SSSR count). The molecule has 1 heterocycles. The summed E-state index contributed by atoms with van der Waals surface area (Å²) in [5, 5.41) is 13.4. The molecule has 0 unspecified atom stereocenters.